The average Bonchev–Trinajstić information content (AvgIpc) is 3.21. The van der Waals surface area contributed by atoms with Gasteiger partial charge in [-0.3, -0.25) is 9.69 Å². The Morgan fingerprint density at radius 2 is 1.91 bits per heavy atom. The van der Waals surface area contributed by atoms with E-state index in [-0.39, 0.29) is 5.78 Å². The van der Waals surface area contributed by atoms with E-state index in [1.165, 1.54) is 24.8 Å². The molecule has 2 aromatic carbocycles. The van der Waals surface area contributed by atoms with Crippen molar-refractivity contribution in [3.8, 4) is 11.6 Å². The number of hydrogen-bond donors (Lipinski definition) is 1. The van der Waals surface area contributed by atoms with Gasteiger partial charge in [-0.2, -0.15) is 0 Å². The van der Waals surface area contributed by atoms with Gasteiger partial charge in [-0.25, -0.2) is 9.50 Å². The summed E-state index contributed by atoms with van der Waals surface area (Å²) < 4.78 is 7.55. The lowest BCUT2D eigenvalue weighted by Crippen LogP contribution is -2.29. The number of piperidine rings is 1. The summed E-state index contributed by atoms with van der Waals surface area (Å²) in [5.74, 6) is 1.57. The summed E-state index contributed by atoms with van der Waals surface area (Å²) in [4.78, 5) is 19.8. The topological polar surface area (TPSA) is 85.7 Å². The Kier molecular flexibility index (Phi) is 6.27. The maximum absolute atomic E-state index is 13.1. The molecule has 7 nitrogen and oxygen atoms in total. The van der Waals surface area contributed by atoms with Crippen LogP contribution in [0.5, 0.6) is 11.6 Å². The van der Waals surface area contributed by atoms with E-state index < -0.39 is 0 Å². The van der Waals surface area contributed by atoms with E-state index in [2.05, 4.69) is 21.0 Å². The van der Waals surface area contributed by atoms with Gasteiger partial charge in [-0.05, 0) is 73.8 Å². The summed E-state index contributed by atoms with van der Waals surface area (Å²) in [5, 5.41) is 4.39. The molecule has 0 saturated carbocycles. The molecule has 3 heterocycles. The molecule has 0 amide bonds. The fourth-order valence-electron chi connectivity index (χ4n) is 4.45. The lowest BCUT2D eigenvalue weighted by molar-refractivity contribution is 0.0992. The van der Waals surface area contributed by atoms with Crippen molar-refractivity contribution in [3.05, 3.63) is 83.0 Å². The molecule has 0 unspecified atom stereocenters. The number of nitrogens with two attached hydrogens (primary N) is 1. The van der Waals surface area contributed by atoms with Crippen LogP contribution in [0.3, 0.4) is 0 Å². The molecule has 0 spiro atoms. The minimum atomic E-state index is 0.106. The second kappa shape index (κ2) is 9.65. The molecule has 34 heavy (non-hydrogen) atoms. The Balaban J connectivity index is 1.29. The van der Waals surface area contributed by atoms with E-state index in [4.69, 9.17) is 10.5 Å². The first-order valence-corrected chi connectivity index (χ1v) is 11.8. The van der Waals surface area contributed by atoms with Gasteiger partial charge in [0.05, 0.1) is 6.20 Å². The number of rotatable bonds is 7. The number of imidazole rings is 1. The Labute approximate surface area is 199 Å². The maximum Gasteiger partial charge on any atom is 0.237 e. The Bertz CT molecular complexity index is 1320. The van der Waals surface area contributed by atoms with Crippen LogP contribution in [-0.4, -0.2) is 38.4 Å². The minimum Gasteiger partial charge on any atom is -0.438 e. The molecule has 0 bridgehead atoms. The van der Waals surface area contributed by atoms with E-state index >= 15 is 0 Å². The second-order valence-electron chi connectivity index (χ2n) is 8.97. The predicted octanol–water partition coefficient (Wildman–Crippen LogP) is 4.82. The predicted molar refractivity (Wildman–Crippen MR) is 132 cm³/mol. The normalized spacial score (nSPS) is 14.4. The van der Waals surface area contributed by atoms with E-state index in [9.17, 15) is 4.79 Å². The number of aryl methyl sites for hydroxylation is 1. The molecule has 7 heteroatoms. The summed E-state index contributed by atoms with van der Waals surface area (Å²) in [5.41, 5.74) is 10.3. The van der Waals surface area contributed by atoms with E-state index in [0.717, 1.165) is 36.3 Å². The smallest absolute Gasteiger partial charge is 0.237 e. The zero-order valence-corrected chi connectivity index (χ0v) is 19.4. The average molecular weight is 456 g/mol. The monoisotopic (exact) mass is 455 g/mol. The van der Waals surface area contributed by atoms with Crippen LogP contribution < -0.4 is 10.5 Å². The number of hydrogen-bond acceptors (Lipinski definition) is 6. The first-order chi connectivity index (χ1) is 16.5. The fourth-order valence-corrected chi connectivity index (χ4v) is 4.45. The molecule has 0 atom stereocenters. The zero-order chi connectivity index (χ0) is 23.5. The molecule has 174 valence electrons. The third-order valence-electron chi connectivity index (χ3n) is 6.31. The number of aromatic nitrogens is 3. The van der Waals surface area contributed by atoms with Gasteiger partial charge in [0.2, 0.25) is 5.88 Å². The van der Waals surface area contributed by atoms with Gasteiger partial charge in [0.15, 0.2) is 11.4 Å². The van der Waals surface area contributed by atoms with Gasteiger partial charge in [0, 0.05) is 24.6 Å². The number of nitrogens with zero attached hydrogens (tertiary/aromatic N) is 4. The van der Waals surface area contributed by atoms with Crippen LogP contribution in [0.2, 0.25) is 0 Å². The van der Waals surface area contributed by atoms with E-state index in [1.807, 2.05) is 43.3 Å². The van der Waals surface area contributed by atoms with Crippen molar-refractivity contribution in [3.63, 3.8) is 0 Å². The molecule has 5 rings (SSSR count). The van der Waals surface area contributed by atoms with Crippen molar-refractivity contribution in [2.75, 3.05) is 18.8 Å². The van der Waals surface area contributed by atoms with Crippen LogP contribution in [-0.2, 0) is 13.0 Å². The van der Waals surface area contributed by atoms with Crippen LogP contribution in [0.15, 0.2) is 60.8 Å². The third kappa shape index (κ3) is 5.10. The highest BCUT2D eigenvalue weighted by Crippen LogP contribution is 2.24. The molecule has 1 aliphatic heterocycles. The Hall–Kier alpha value is -3.71. The number of nitrogen functional groups attached to an aromatic ring is 1. The largest absolute Gasteiger partial charge is 0.438 e. The van der Waals surface area contributed by atoms with Gasteiger partial charge < -0.3 is 10.5 Å². The summed E-state index contributed by atoms with van der Waals surface area (Å²) in [7, 11) is 0. The third-order valence-corrected chi connectivity index (χ3v) is 6.31. The van der Waals surface area contributed by atoms with Crippen molar-refractivity contribution in [2.45, 2.75) is 39.2 Å². The lowest BCUT2D eigenvalue weighted by atomic mass is 9.98. The standard InChI is InChI=1S/C27H29N5O2/c1-19-8-9-23(34-27-11-10-26-29-25(28)18-32(26)30-27)15-22(19)16-24(33)21-7-5-6-20(14-21)17-31-12-3-2-4-13-31/h5-11,14-15,18H,2-4,12-13,16-17,28H2,1H3. The summed E-state index contributed by atoms with van der Waals surface area (Å²) >= 11 is 0. The number of carbonyl (C=O) groups excluding carboxylic acids is 1. The number of likely N-dealkylation sites (tertiary alicyclic amines) is 1. The maximum atomic E-state index is 13.1. The molecular formula is C27H29N5O2. The number of benzene rings is 2. The minimum absolute atomic E-state index is 0.106. The van der Waals surface area contributed by atoms with Crippen LogP contribution in [0.4, 0.5) is 5.82 Å². The molecule has 1 fully saturated rings. The highest BCUT2D eigenvalue weighted by molar-refractivity contribution is 5.97. The van der Waals surface area contributed by atoms with Crippen LogP contribution >= 0.6 is 0 Å². The van der Waals surface area contributed by atoms with Gasteiger partial charge in [-0.1, -0.05) is 30.7 Å². The zero-order valence-electron chi connectivity index (χ0n) is 19.4. The molecule has 2 N–H and O–H groups in total. The van der Waals surface area contributed by atoms with Crippen LogP contribution in [0.1, 0.15) is 46.3 Å². The number of Topliss-reactive ketones (excluding diaryl/α,β-unsaturated/α-hetero) is 1. The Morgan fingerprint density at radius 3 is 2.76 bits per heavy atom. The highest BCUT2D eigenvalue weighted by atomic mass is 16.5. The molecular weight excluding hydrogens is 426 g/mol. The first kappa shape index (κ1) is 22.1. The number of ether oxygens (including phenoxy) is 1. The van der Waals surface area contributed by atoms with Gasteiger partial charge >= 0.3 is 0 Å². The molecule has 2 aromatic heterocycles. The molecule has 1 aliphatic rings. The molecule has 1 saturated heterocycles. The van der Waals surface area contributed by atoms with Gasteiger partial charge in [0.25, 0.3) is 0 Å². The van der Waals surface area contributed by atoms with Crippen molar-refractivity contribution in [1.82, 2.24) is 19.5 Å². The number of ketones is 1. The molecule has 0 aliphatic carbocycles. The summed E-state index contributed by atoms with van der Waals surface area (Å²) in [6.45, 7) is 5.20. The fraction of sp³-hybridized carbons (Fsp3) is 0.296. The first-order valence-electron chi connectivity index (χ1n) is 11.8. The Morgan fingerprint density at radius 1 is 1.06 bits per heavy atom. The van der Waals surface area contributed by atoms with Crippen LogP contribution in [0, 0.1) is 6.92 Å². The van der Waals surface area contributed by atoms with Crippen molar-refractivity contribution < 1.29 is 9.53 Å². The summed E-state index contributed by atoms with van der Waals surface area (Å²) in [6, 6.07) is 17.4. The number of fused-ring (bicyclic) bond motifs is 1. The lowest BCUT2D eigenvalue weighted by Gasteiger charge is -2.26. The van der Waals surface area contributed by atoms with E-state index in [0.29, 0.717) is 29.5 Å². The summed E-state index contributed by atoms with van der Waals surface area (Å²) in [6.07, 6.45) is 5.80. The van der Waals surface area contributed by atoms with Crippen molar-refractivity contribution in [2.24, 2.45) is 0 Å². The molecule has 0 radical (unpaired) electrons. The number of anilines is 1. The van der Waals surface area contributed by atoms with Crippen molar-refractivity contribution >= 4 is 17.2 Å². The van der Waals surface area contributed by atoms with Crippen molar-refractivity contribution in [1.29, 1.82) is 0 Å². The van der Waals surface area contributed by atoms with E-state index in [1.54, 1.807) is 22.8 Å². The van der Waals surface area contributed by atoms with Crippen LogP contribution in [0.25, 0.3) is 5.65 Å². The van der Waals surface area contributed by atoms with Gasteiger partial charge in [0.1, 0.15) is 11.6 Å². The SMILES string of the molecule is Cc1ccc(Oc2ccc3nc(N)cn3n2)cc1CC(=O)c1cccc(CN2CCCCC2)c1. The highest BCUT2D eigenvalue weighted by Gasteiger charge is 2.14. The quantitative estimate of drug-likeness (QED) is 0.402. The number of carbonyl (C=O) groups is 1. The second-order valence-corrected chi connectivity index (χ2v) is 8.97. The van der Waals surface area contributed by atoms with Gasteiger partial charge in [-0.15, -0.1) is 5.10 Å². The molecule has 4 aromatic rings.